The molecule has 1 heterocycles. The Labute approximate surface area is 333 Å². The third-order valence-electron chi connectivity index (χ3n) is 9.95. The number of nitrogens with zero attached hydrogens (tertiary/aromatic N) is 2. The van der Waals surface area contributed by atoms with Crippen molar-refractivity contribution < 1.29 is 32.2 Å². The van der Waals surface area contributed by atoms with Crippen LogP contribution < -0.4 is 29.0 Å². The molecule has 1 aliphatic rings. The van der Waals surface area contributed by atoms with E-state index in [2.05, 4.69) is 56.8 Å². The van der Waals surface area contributed by atoms with Crippen molar-refractivity contribution in [2.75, 3.05) is 37.6 Å². The van der Waals surface area contributed by atoms with Gasteiger partial charge in [0.1, 0.15) is 22.7 Å². The Morgan fingerprint density at radius 3 is 1.89 bits per heavy atom. The molecule has 294 valence electrons. The van der Waals surface area contributed by atoms with Gasteiger partial charge in [0, 0.05) is 39.9 Å². The maximum atomic E-state index is 14.7. The van der Waals surface area contributed by atoms with Crippen LogP contribution in [-0.4, -0.2) is 52.0 Å². The van der Waals surface area contributed by atoms with Crippen molar-refractivity contribution in [1.29, 1.82) is 0 Å². The highest BCUT2D eigenvalue weighted by atomic mass is 32.2. The fourth-order valence-electron chi connectivity index (χ4n) is 7.87. The monoisotopic (exact) mass is 786 g/mol. The molecule has 57 heavy (non-hydrogen) atoms. The number of benzene rings is 5. The third-order valence-corrected chi connectivity index (χ3v) is 10.5. The van der Waals surface area contributed by atoms with Gasteiger partial charge in [-0.2, -0.15) is 0 Å². The second-order valence-electron chi connectivity index (χ2n) is 16.0. The Kier molecular flexibility index (Phi) is 10.1. The molecule has 0 radical (unpaired) electrons. The smallest absolute Gasteiger partial charge is 0.229 e. The first-order valence-electron chi connectivity index (χ1n) is 18.5. The standard InChI is InChI=1S/C45H46N4O7S/c1-44(2,3)25-45(4,5)26-14-18-29(19-15-26)56-37-24-34(46-27-16-20-28(53-6)21-17-27)39-40-38(30-12-10-11-13-31(30)43(39)50)41(47-48-42(37)40)32-22-35(54-7)36(55-8)23-33(32)49-57(9,51)52/h10-24,46,49H,25H2,1-9H3. The number of methoxy groups -OCH3 is 3. The molecule has 0 atom stereocenters. The van der Waals surface area contributed by atoms with Crippen molar-refractivity contribution in [3.8, 4) is 51.1 Å². The van der Waals surface area contributed by atoms with Crippen molar-refractivity contribution in [3.05, 3.63) is 108 Å². The fraction of sp³-hybridized carbons (Fsp3) is 0.267. The lowest BCUT2D eigenvalue weighted by atomic mass is 9.72. The molecule has 5 aromatic carbocycles. The Morgan fingerprint density at radius 2 is 1.28 bits per heavy atom. The minimum absolute atomic E-state index is 0.0724. The summed E-state index contributed by atoms with van der Waals surface area (Å²) in [5.41, 5.74) is 5.62. The van der Waals surface area contributed by atoms with Gasteiger partial charge in [0.2, 0.25) is 10.0 Å². The van der Waals surface area contributed by atoms with E-state index in [9.17, 15) is 13.2 Å². The summed E-state index contributed by atoms with van der Waals surface area (Å²) in [6.45, 7) is 11.2. The number of ether oxygens (including phenoxy) is 4. The van der Waals surface area contributed by atoms with Gasteiger partial charge in [-0.25, -0.2) is 8.42 Å². The van der Waals surface area contributed by atoms with Gasteiger partial charge in [-0.15, -0.1) is 10.2 Å². The number of carbonyl (C=O) groups excluding carboxylic acids is 1. The van der Waals surface area contributed by atoms with Crippen molar-refractivity contribution in [1.82, 2.24) is 10.2 Å². The number of ketones is 1. The summed E-state index contributed by atoms with van der Waals surface area (Å²) < 4.78 is 51.4. The zero-order valence-corrected chi connectivity index (χ0v) is 34.3. The molecule has 0 aliphatic heterocycles. The molecule has 2 N–H and O–H groups in total. The van der Waals surface area contributed by atoms with E-state index < -0.39 is 10.0 Å². The number of nitrogens with one attached hydrogen (secondary N) is 2. The van der Waals surface area contributed by atoms with Crippen LogP contribution >= 0.6 is 0 Å². The molecule has 1 aromatic heterocycles. The van der Waals surface area contributed by atoms with Crippen LogP contribution in [0.15, 0.2) is 91.0 Å². The number of anilines is 3. The Balaban J connectivity index is 1.51. The van der Waals surface area contributed by atoms with Gasteiger partial charge in [-0.1, -0.05) is 71.0 Å². The molecular formula is C45H46N4O7S. The van der Waals surface area contributed by atoms with E-state index in [-0.39, 0.29) is 22.3 Å². The molecule has 0 spiro atoms. The van der Waals surface area contributed by atoms with Crippen molar-refractivity contribution in [2.45, 2.75) is 46.5 Å². The average Bonchev–Trinajstić information content (AvgIpc) is 3.16. The number of fused-ring (bicyclic) bond motifs is 2. The average molecular weight is 787 g/mol. The van der Waals surface area contributed by atoms with Crippen LogP contribution in [0.1, 0.15) is 62.5 Å². The molecule has 12 heteroatoms. The molecular weight excluding hydrogens is 741 g/mol. The summed E-state index contributed by atoms with van der Waals surface area (Å²) in [4.78, 5) is 14.7. The van der Waals surface area contributed by atoms with E-state index in [1.807, 2.05) is 48.5 Å². The highest BCUT2D eigenvalue weighted by molar-refractivity contribution is 7.92. The number of hydrogen-bond donors (Lipinski definition) is 2. The first-order chi connectivity index (χ1) is 27.0. The first-order valence-corrected chi connectivity index (χ1v) is 20.3. The van der Waals surface area contributed by atoms with Gasteiger partial charge in [-0.05, 0) is 70.8 Å². The van der Waals surface area contributed by atoms with E-state index in [1.165, 1.54) is 25.8 Å². The van der Waals surface area contributed by atoms with Crippen LogP contribution in [0.25, 0.3) is 33.3 Å². The second-order valence-corrected chi connectivity index (χ2v) is 17.8. The van der Waals surface area contributed by atoms with Crippen LogP contribution in [-0.2, 0) is 15.4 Å². The zero-order chi connectivity index (χ0) is 40.9. The van der Waals surface area contributed by atoms with Gasteiger partial charge in [-0.3, -0.25) is 9.52 Å². The largest absolute Gasteiger partial charge is 0.497 e. The molecule has 0 saturated carbocycles. The molecule has 7 rings (SSSR count). The van der Waals surface area contributed by atoms with Crippen LogP contribution in [0, 0.1) is 5.41 Å². The van der Waals surface area contributed by atoms with Crippen molar-refractivity contribution >= 4 is 43.8 Å². The molecule has 0 amide bonds. The van der Waals surface area contributed by atoms with Crippen LogP contribution in [0.3, 0.4) is 0 Å². The molecule has 0 bridgehead atoms. The minimum atomic E-state index is -3.77. The van der Waals surface area contributed by atoms with E-state index in [0.717, 1.165) is 12.7 Å². The number of hydrogen-bond acceptors (Lipinski definition) is 10. The SMILES string of the molecule is COc1ccc(Nc2cc(Oc3ccc(C(C)(C)CC(C)(C)C)cc3)c3nnc(-c4cc(OC)c(OC)cc4NS(C)(=O)=O)c4c3c2C(=O)c2ccccc2-4)cc1. The van der Waals surface area contributed by atoms with Crippen LogP contribution in [0.4, 0.5) is 17.1 Å². The summed E-state index contributed by atoms with van der Waals surface area (Å²) in [5, 5.41) is 13.5. The lowest BCUT2D eigenvalue weighted by molar-refractivity contribution is 0.104. The number of sulfonamides is 1. The van der Waals surface area contributed by atoms with E-state index in [0.29, 0.717) is 84.5 Å². The van der Waals surface area contributed by atoms with E-state index in [1.54, 1.807) is 31.4 Å². The zero-order valence-electron chi connectivity index (χ0n) is 33.5. The lowest BCUT2D eigenvalue weighted by Gasteiger charge is -2.33. The number of aromatic nitrogens is 2. The molecule has 1 aliphatic carbocycles. The predicted molar refractivity (Wildman–Crippen MR) is 225 cm³/mol. The Morgan fingerprint density at radius 1 is 0.667 bits per heavy atom. The molecule has 0 fully saturated rings. The normalized spacial score (nSPS) is 12.5. The highest BCUT2D eigenvalue weighted by Crippen LogP contribution is 2.51. The molecule has 6 aromatic rings. The van der Waals surface area contributed by atoms with Gasteiger partial charge < -0.3 is 24.3 Å². The summed E-state index contributed by atoms with van der Waals surface area (Å²) >= 11 is 0. The number of rotatable bonds is 12. The highest BCUT2D eigenvalue weighted by Gasteiger charge is 2.34. The van der Waals surface area contributed by atoms with Gasteiger partial charge in [0.15, 0.2) is 23.0 Å². The van der Waals surface area contributed by atoms with E-state index in [4.69, 9.17) is 29.1 Å². The fourth-order valence-corrected chi connectivity index (χ4v) is 8.44. The molecule has 0 saturated heterocycles. The van der Waals surface area contributed by atoms with Crippen molar-refractivity contribution in [3.63, 3.8) is 0 Å². The Bertz CT molecular complexity index is 2630. The minimum Gasteiger partial charge on any atom is -0.497 e. The van der Waals surface area contributed by atoms with Crippen LogP contribution in [0.2, 0.25) is 0 Å². The van der Waals surface area contributed by atoms with Gasteiger partial charge in [0.25, 0.3) is 0 Å². The first kappa shape index (κ1) is 39.1. The maximum Gasteiger partial charge on any atom is 0.229 e. The maximum absolute atomic E-state index is 14.7. The number of carbonyl (C=O) groups is 1. The molecule has 0 unspecified atom stereocenters. The lowest BCUT2D eigenvalue weighted by Crippen LogP contribution is -2.24. The van der Waals surface area contributed by atoms with Crippen LogP contribution in [0.5, 0.6) is 28.7 Å². The topological polar surface area (TPSA) is 138 Å². The van der Waals surface area contributed by atoms with Gasteiger partial charge >= 0.3 is 0 Å². The van der Waals surface area contributed by atoms with Gasteiger partial charge in [0.05, 0.1) is 44.5 Å². The quantitative estimate of drug-likeness (QED) is 0.123. The van der Waals surface area contributed by atoms with E-state index >= 15 is 0 Å². The summed E-state index contributed by atoms with van der Waals surface area (Å²) in [5.74, 6) is 2.04. The van der Waals surface area contributed by atoms with Crippen molar-refractivity contribution in [2.24, 2.45) is 5.41 Å². The summed E-state index contributed by atoms with van der Waals surface area (Å²) in [6.07, 6.45) is 2.05. The summed E-state index contributed by atoms with van der Waals surface area (Å²) in [7, 11) is 0.785. The third kappa shape index (κ3) is 7.82. The Hall–Kier alpha value is -6.14. The second kappa shape index (κ2) is 14.7. The molecule has 11 nitrogen and oxygen atoms in total. The summed E-state index contributed by atoms with van der Waals surface area (Å²) in [6, 6.07) is 27.7. The predicted octanol–water partition coefficient (Wildman–Crippen LogP) is 10.2.